The Hall–Kier alpha value is -3.89. The van der Waals surface area contributed by atoms with Crippen LogP contribution < -0.4 is 25.4 Å². The quantitative estimate of drug-likeness (QED) is 0.219. The predicted octanol–water partition coefficient (Wildman–Crippen LogP) is 6.37. The first-order chi connectivity index (χ1) is 20.8. The molecule has 3 unspecified atom stereocenters. The highest BCUT2D eigenvalue weighted by Crippen LogP contribution is 2.35. The van der Waals surface area contributed by atoms with E-state index in [4.69, 9.17) is 14.2 Å². The molecule has 0 spiro atoms. The van der Waals surface area contributed by atoms with E-state index in [2.05, 4.69) is 31.9 Å². The van der Waals surface area contributed by atoms with E-state index in [0.29, 0.717) is 40.4 Å². The second-order valence-corrected chi connectivity index (χ2v) is 11.8. The lowest BCUT2D eigenvalue weighted by atomic mass is 9.84. The van der Waals surface area contributed by atoms with E-state index in [1.807, 2.05) is 18.2 Å². The van der Waals surface area contributed by atoms with Crippen molar-refractivity contribution in [1.82, 2.24) is 5.32 Å². The van der Waals surface area contributed by atoms with Gasteiger partial charge in [0.25, 0.3) is 0 Å². The molecular formula is C33H36BrN3O6. The SMILES string of the molecule is COC(=O)c1ccc(OC(C(=O)Cc2ccc(NC(=O)Nc3ccccc3Br)c(OC)c2)[C@@H]2CC3CCCCC3N2)cc1. The van der Waals surface area contributed by atoms with Crippen LogP contribution in [0.3, 0.4) is 0 Å². The van der Waals surface area contributed by atoms with E-state index >= 15 is 0 Å². The summed E-state index contributed by atoms with van der Waals surface area (Å²) >= 11 is 3.42. The second-order valence-electron chi connectivity index (χ2n) is 11.0. The van der Waals surface area contributed by atoms with Crippen molar-refractivity contribution in [3.05, 3.63) is 82.3 Å². The molecule has 9 nitrogen and oxygen atoms in total. The minimum atomic E-state index is -0.714. The van der Waals surface area contributed by atoms with Gasteiger partial charge in [-0.1, -0.05) is 31.0 Å². The number of nitrogens with one attached hydrogen (secondary N) is 3. The van der Waals surface area contributed by atoms with E-state index in [1.165, 1.54) is 27.1 Å². The number of halogens is 1. The Labute approximate surface area is 259 Å². The first-order valence-electron chi connectivity index (χ1n) is 14.5. The lowest BCUT2D eigenvalue weighted by Gasteiger charge is -2.26. The molecule has 1 aliphatic carbocycles. The van der Waals surface area contributed by atoms with Crippen LogP contribution in [0.25, 0.3) is 0 Å². The number of carbonyl (C=O) groups is 3. The van der Waals surface area contributed by atoms with Crippen molar-refractivity contribution in [3.63, 3.8) is 0 Å². The van der Waals surface area contributed by atoms with E-state index in [9.17, 15) is 14.4 Å². The number of benzene rings is 3. The van der Waals surface area contributed by atoms with Crippen molar-refractivity contribution in [2.24, 2.45) is 5.92 Å². The van der Waals surface area contributed by atoms with Gasteiger partial charge in [-0.15, -0.1) is 0 Å². The summed E-state index contributed by atoms with van der Waals surface area (Å²) in [7, 11) is 2.86. The molecule has 0 radical (unpaired) electrons. The molecule has 226 valence electrons. The molecule has 0 bridgehead atoms. The van der Waals surface area contributed by atoms with Crippen LogP contribution in [-0.4, -0.2) is 50.2 Å². The van der Waals surface area contributed by atoms with Crippen LogP contribution in [-0.2, 0) is 16.0 Å². The Morgan fingerprint density at radius 2 is 1.70 bits per heavy atom. The fourth-order valence-corrected chi connectivity index (χ4v) is 6.37. The molecule has 3 aromatic carbocycles. The number of hydrogen-bond acceptors (Lipinski definition) is 7. The molecular weight excluding hydrogens is 614 g/mol. The van der Waals surface area contributed by atoms with Gasteiger partial charge in [-0.05, 0) is 95.2 Å². The van der Waals surface area contributed by atoms with Gasteiger partial charge >= 0.3 is 12.0 Å². The molecule has 0 aromatic heterocycles. The van der Waals surface area contributed by atoms with E-state index < -0.39 is 18.1 Å². The van der Waals surface area contributed by atoms with Crippen molar-refractivity contribution in [2.75, 3.05) is 24.9 Å². The summed E-state index contributed by atoms with van der Waals surface area (Å²) in [6.45, 7) is 0. The van der Waals surface area contributed by atoms with Gasteiger partial charge in [0.15, 0.2) is 11.9 Å². The molecule has 1 heterocycles. The monoisotopic (exact) mass is 649 g/mol. The average Bonchev–Trinajstić information content (AvgIpc) is 3.45. The third-order valence-corrected chi connectivity index (χ3v) is 8.82. The molecule has 1 saturated heterocycles. The van der Waals surface area contributed by atoms with Gasteiger partial charge in [-0.3, -0.25) is 4.79 Å². The van der Waals surface area contributed by atoms with Crippen LogP contribution in [0, 0.1) is 5.92 Å². The van der Waals surface area contributed by atoms with Gasteiger partial charge in [0.2, 0.25) is 0 Å². The van der Waals surface area contributed by atoms with Crippen LogP contribution in [0.15, 0.2) is 71.2 Å². The summed E-state index contributed by atoms with van der Waals surface area (Å²) in [5.41, 5.74) is 2.26. The molecule has 2 fully saturated rings. The number of hydrogen-bond donors (Lipinski definition) is 3. The number of urea groups is 1. The second kappa shape index (κ2) is 14.1. The van der Waals surface area contributed by atoms with Crippen molar-refractivity contribution in [1.29, 1.82) is 0 Å². The van der Waals surface area contributed by atoms with Gasteiger partial charge in [0.1, 0.15) is 11.5 Å². The van der Waals surface area contributed by atoms with E-state index in [1.54, 1.807) is 48.5 Å². The highest BCUT2D eigenvalue weighted by Gasteiger charge is 2.42. The number of methoxy groups -OCH3 is 2. The summed E-state index contributed by atoms with van der Waals surface area (Å²) in [6, 6.07) is 19.1. The molecule has 1 saturated carbocycles. The van der Waals surface area contributed by atoms with Gasteiger partial charge in [-0.25, -0.2) is 9.59 Å². The Kier molecular flexibility index (Phi) is 9.99. The molecule has 5 rings (SSSR count). The standard InChI is InChI=1S/C33H36BrN3O6/c1-41-30-18-20(11-16-27(30)37-33(40)36-26-10-6-4-8-24(26)34)17-29(38)31(28-19-22-7-3-5-9-25(22)35-28)43-23-14-12-21(13-15-23)32(39)42-2/h4,6,8,10-16,18,22,25,28,31,35H,3,5,7,9,17,19H2,1-2H3,(H2,36,37,40)/t22?,25?,28-,31?/m0/s1. The lowest BCUT2D eigenvalue weighted by molar-refractivity contribution is -0.126. The molecule has 3 aromatic rings. The highest BCUT2D eigenvalue weighted by molar-refractivity contribution is 9.10. The van der Waals surface area contributed by atoms with Crippen LogP contribution in [0.2, 0.25) is 0 Å². The van der Waals surface area contributed by atoms with E-state index in [-0.39, 0.29) is 18.2 Å². The van der Waals surface area contributed by atoms with Crippen LogP contribution in [0.4, 0.5) is 16.2 Å². The molecule has 2 aliphatic rings. The largest absolute Gasteiger partial charge is 0.495 e. The first-order valence-corrected chi connectivity index (χ1v) is 15.3. The maximum absolute atomic E-state index is 13.9. The minimum Gasteiger partial charge on any atom is -0.495 e. The van der Waals surface area contributed by atoms with E-state index in [0.717, 1.165) is 29.3 Å². The molecule has 3 N–H and O–H groups in total. The Morgan fingerprint density at radius 3 is 2.42 bits per heavy atom. The maximum atomic E-state index is 13.9. The number of carbonyl (C=O) groups excluding carboxylic acids is 3. The number of para-hydroxylation sites is 1. The summed E-state index contributed by atoms with van der Waals surface area (Å²) in [6.07, 6.45) is 4.95. The summed E-state index contributed by atoms with van der Waals surface area (Å²) in [4.78, 5) is 38.4. The Morgan fingerprint density at radius 1 is 0.953 bits per heavy atom. The van der Waals surface area contributed by atoms with Gasteiger partial charge in [0, 0.05) is 16.9 Å². The third kappa shape index (κ3) is 7.55. The van der Waals surface area contributed by atoms with Crippen LogP contribution >= 0.6 is 15.9 Å². The molecule has 43 heavy (non-hydrogen) atoms. The van der Waals surface area contributed by atoms with Crippen LogP contribution in [0.1, 0.15) is 48.0 Å². The summed E-state index contributed by atoms with van der Waals surface area (Å²) in [5, 5.41) is 9.31. The van der Waals surface area contributed by atoms with Gasteiger partial charge in [-0.2, -0.15) is 0 Å². The van der Waals surface area contributed by atoms with Crippen molar-refractivity contribution in [2.45, 2.75) is 56.7 Å². The fourth-order valence-electron chi connectivity index (χ4n) is 5.98. The number of fused-ring (bicyclic) bond motifs is 1. The number of ketones is 1. The lowest BCUT2D eigenvalue weighted by Crippen LogP contribution is -2.47. The molecule has 1 aliphatic heterocycles. The smallest absolute Gasteiger partial charge is 0.337 e. The van der Waals surface area contributed by atoms with Crippen molar-refractivity contribution in [3.8, 4) is 11.5 Å². The predicted molar refractivity (Wildman–Crippen MR) is 168 cm³/mol. The topological polar surface area (TPSA) is 115 Å². The summed E-state index contributed by atoms with van der Waals surface area (Å²) in [5.74, 6) is 0.984. The van der Waals surface area contributed by atoms with Gasteiger partial charge < -0.3 is 30.2 Å². The Balaban J connectivity index is 1.30. The number of ether oxygens (including phenoxy) is 3. The highest BCUT2D eigenvalue weighted by atomic mass is 79.9. The van der Waals surface area contributed by atoms with Crippen LogP contribution in [0.5, 0.6) is 11.5 Å². The average molecular weight is 651 g/mol. The summed E-state index contributed by atoms with van der Waals surface area (Å²) < 4.78 is 17.5. The number of Topliss-reactive ketones (excluding diaryl/α,β-unsaturated/α-hetero) is 1. The number of amides is 2. The fraction of sp³-hybridized carbons (Fsp3) is 0.364. The molecule has 2 amide bonds. The maximum Gasteiger partial charge on any atom is 0.337 e. The molecule has 10 heteroatoms. The number of esters is 1. The van der Waals surface area contributed by atoms with Crippen molar-refractivity contribution >= 4 is 45.1 Å². The number of anilines is 2. The van der Waals surface area contributed by atoms with Gasteiger partial charge in [0.05, 0.1) is 37.2 Å². The zero-order chi connectivity index (χ0) is 30.3. The van der Waals surface area contributed by atoms with Crippen molar-refractivity contribution < 1.29 is 28.6 Å². The minimum absolute atomic E-state index is 0.0670. The Bertz CT molecular complexity index is 1450. The number of rotatable bonds is 10. The zero-order valence-electron chi connectivity index (χ0n) is 24.2. The first kappa shape index (κ1) is 30.6. The zero-order valence-corrected chi connectivity index (χ0v) is 25.8. The molecule has 4 atom stereocenters. The third-order valence-electron chi connectivity index (χ3n) is 8.13. The normalized spacial score (nSPS) is 19.9.